The molecule has 0 spiro atoms. The summed E-state index contributed by atoms with van der Waals surface area (Å²) in [6.07, 6.45) is 8.03. The molecular formula is C9H8ClN5. The van der Waals surface area contributed by atoms with Gasteiger partial charge in [-0.25, -0.2) is 4.98 Å². The van der Waals surface area contributed by atoms with Crippen LogP contribution in [0.15, 0.2) is 31.0 Å². The number of aromatic nitrogens is 4. The predicted octanol–water partition coefficient (Wildman–Crippen LogP) is 1.53. The van der Waals surface area contributed by atoms with Gasteiger partial charge in [0, 0.05) is 12.4 Å². The van der Waals surface area contributed by atoms with Crippen LogP contribution in [-0.4, -0.2) is 19.9 Å². The number of nitrogens with one attached hydrogen (secondary N) is 1. The Kier molecular flexibility index (Phi) is 3.04. The van der Waals surface area contributed by atoms with Gasteiger partial charge in [-0.1, -0.05) is 11.6 Å². The van der Waals surface area contributed by atoms with E-state index >= 15 is 0 Å². The van der Waals surface area contributed by atoms with Crippen LogP contribution in [-0.2, 0) is 6.54 Å². The van der Waals surface area contributed by atoms with Gasteiger partial charge in [-0.2, -0.15) is 0 Å². The summed E-state index contributed by atoms with van der Waals surface area (Å²) in [4.78, 5) is 16.0. The zero-order valence-corrected chi connectivity index (χ0v) is 8.52. The van der Waals surface area contributed by atoms with Gasteiger partial charge >= 0.3 is 0 Å². The molecule has 0 unspecified atom stereocenters. The van der Waals surface area contributed by atoms with Crippen molar-refractivity contribution in [3.63, 3.8) is 0 Å². The molecule has 0 aliphatic carbocycles. The third-order valence-electron chi connectivity index (χ3n) is 1.67. The maximum Gasteiger partial charge on any atom is 0.149 e. The number of nitrogens with zero attached hydrogens (tertiary/aromatic N) is 4. The van der Waals surface area contributed by atoms with Crippen LogP contribution < -0.4 is 5.32 Å². The minimum Gasteiger partial charge on any atom is -0.363 e. The van der Waals surface area contributed by atoms with Gasteiger partial charge in [-0.15, -0.1) is 0 Å². The topological polar surface area (TPSA) is 63.6 Å². The highest BCUT2D eigenvalue weighted by Crippen LogP contribution is 2.07. The summed E-state index contributed by atoms with van der Waals surface area (Å²) in [6.45, 7) is 0.545. The average Bonchev–Trinajstić information content (AvgIpc) is 2.28. The van der Waals surface area contributed by atoms with E-state index in [1.165, 1.54) is 6.20 Å². The normalized spacial score (nSPS) is 9.93. The van der Waals surface area contributed by atoms with Gasteiger partial charge in [-0.3, -0.25) is 15.0 Å². The summed E-state index contributed by atoms with van der Waals surface area (Å²) in [5.74, 6) is 0.619. The molecule has 15 heavy (non-hydrogen) atoms. The molecule has 2 heterocycles. The monoisotopic (exact) mass is 221 g/mol. The zero-order chi connectivity index (χ0) is 10.5. The number of anilines is 1. The van der Waals surface area contributed by atoms with Crippen molar-refractivity contribution < 1.29 is 0 Å². The maximum absolute atomic E-state index is 5.69. The Bertz CT molecular complexity index is 434. The summed E-state index contributed by atoms with van der Waals surface area (Å²) >= 11 is 5.69. The molecule has 0 aromatic carbocycles. The molecular weight excluding hydrogens is 214 g/mol. The quantitative estimate of drug-likeness (QED) is 0.852. The molecule has 0 saturated heterocycles. The standard InChI is InChI=1S/C9H8ClN5/c10-8-5-12-6-9(15-8)14-4-7-3-11-1-2-13-7/h1-3,5-6H,4H2,(H,14,15). The van der Waals surface area contributed by atoms with Crippen LogP contribution in [0.4, 0.5) is 5.82 Å². The van der Waals surface area contributed by atoms with E-state index in [0.717, 1.165) is 5.69 Å². The van der Waals surface area contributed by atoms with E-state index in [0.29, 0.717) is 17.5 Å². The molecule has 6 heteroatoms. The van der Waals surface area contributed by atoms with Gasteiger partial charge in [0.05, 0.1) is 30.8 Å². The summed E-state index contributed by atoms with van der Waals surface area (Å²) in [7, 11) is 0. The van der Waals surface area contributed by atoms with Crippen molar-refractivity contribution in [2.45, 2.75) is 6.54 Å². The largest absolute Gasteiger partial charge is 0.363 e. The van der Waals surface area contributed by atoms with Crippen molar-refractivity contribution in [2.75, 3.05) is 5.32 Å². The molecule has 2 aromatic heterocycles. The number of halogens is 1. The molecule has 0 aliphatic heterocycles. The third-order valence-corrected chi connectivity index (χ3v) is 1.85. The van der Waals surface area contributed by atoms with E-state index in [2.05, 4.69) is 25.3 Å². The average molecular weight is 222 g/mol. The fourth-order valence-electron chi connectivity index (χ4n) is 1.03. The summed E-state index contributed by atoms with van der Waals surface area (Å²) in [5, 5.41) is 3.40. The minimum absolute atomic E-state index is 0.360. The molecule has 0 bridgehead atoms. The molecule has 5 nitrogen and oxygen atoms in total. The van der Waals surface area contributed by atoms with Crippen LogP contribution in [0.3, 0.4) is 0 Å². The first-order valence-corrected chi connectivity index (χ1v) is 4.69. The van der Waals surface area contributed by atoms with Crippen LogP contribution in [0.25, 0.3) is 0 Å². The molecule has 0 radical (unpaired) electrons. The Labute approximate surface area is 91.6 Å². The van der Waals surface area contributed by atoms with Gasteiger partial charge in [-0.05, 0) is 0 Å². The number of hydrogen-bond donors (Lipinski definition) is 1. The fourth-order valence-corrected chi connectivity index (χ4v) is 1.18. The SMILES string of the molecule is Clc1cncc(NCc2cnccn2)n1. The minimum atomic E-state index is 0.360. The van der Waals surface area contributed by atoms with Crippen molar-refractivity contribution in [2.24, 2.45) is 0 Å². The van der Waals surface area contributed by atoms with Crippen LogP contribution >= 0.6 is 11.6 Å². The first-order valence-electron chi connectivity index (χ1n) is 4.31. The molecule has 0 aliphatic rings. The Morgan fingerprint density at radius 2 is 2.07 bits per heavy atom. The lowest BCUT2D eigenvalue weighted by molar-refractivity contribution is 0.992. The van der Waals surface area contributed by atoms with E-state index in [1.807, 2.05) is 0 Å². The van der Waals surface area contributed by atoms with Crippen molar-refractivity contribution in [3.8, 4) is 0 Å². The zero-order valence-electron chi connectivity index (χ0n) is 7.76. The van der Waals surface area contributed by atoms with Crippen LogP contribution in [0, 0.1) is 0 Å². The second-order valence-electron chi connectivity index (χ2n) is 2.78. The first-order chi connectivity index (χ1) is 7.34. The Hall–Kier alpha value is -1.75. The van der Waals surface area contributed by atoms with Crippen LogP contribution in [0.5, 0.6) is 0 Å². The van der Waals surface area contributed by atoms with Gasteiger partial charge in [0.25, 0.3) is 0 Å². The van der Waals surface area contributed by atoms with E-state index in [-0.39, 0.29) is 0 Å². The highest BCUT2D eigenvalue weighted by Gasteiger charge is 1.97. The molecule has 0 fully saturated rings. The molecule has 0 amide bonds. The van der Waals surface area contributed by atoms with Gasteiger partial charge < -0.3 is 5.32 Å². The van der Waals surface area contributed by atoms with Gasteiger partial charge in [0.1, 0.15) is 11.0 Å². The van der Waals surface area contributed by atoms with E-state index in [1.54, 1.807) is 24.8 Å². The van der Waals surface area contributed by atoms with Gasteiger partial charge in [0.15, 0.2) is 0 Å². The lowest BCUT2D eigenvalue weighted by Gasteiger charge is -2.03. The molecule has 76 valence electrons. The van der Waals surface area contributed by atoms with Crippen molar-refractivity contribution in [1.82, 2.24) is 19.9 Å². The molecule has 0 atom stereocenters. The second kappa shape index (κ2) is 4.65. The number of rotatable bonds is 3. The molecule has 2 rings (SSSR count). The highest BCUT2D eigenvalue weighted by molar-refractivity contribution is 6.29. The summed E-state index contributed by atoms with van der Waals surface area (Å²) in [5.41, 5.74) is 0.833. The van der Waals surface area contributed by atoms with Crippen LogP contribution in [0.2, 0.25) is 5.15 Å². The lowest BCUT2D eigenvalue weighted by Crippen LogP contribution is -2.03. The lowest BCUT2D eigenvalue weighted by atomic mass is 10.4. The van der Waals surface area contributed by atoms with Crippen molar-refractivity contribution in [3.05, 3.63) is 41.8 Å². The smallest absolute Gasteiger partial charge is 0.149 e. The fraction of sp³-hybridized carbons (Fsp3) is 0.111. The third kappa shape index (κ3) is 2.85. The highest BCUT2D eigenvalue weighted by atomic mass is 35.5. The predicted molar refractivity (Wildman–Crippen MR) is 56.4 cm³/mol. The summed E-state index contributed by atoms with van der Waals surface area (Å²) < 4.78 is 0. The molecule has 0 saturated carbocycles. The van der Waals surface area contributed by atoms with Crippen molar-refractivity contribution in [1.29, 1.82) is 0 Å². The molecule has 2 aromatic rings. The first kappa shape index (κ1) is 9.79. The van der Waals surface area contributed by atoms with Gasteiger partial charge in [0.2, 0.25) is 0 Å². The maximum atomic E-state index is 5.69. The molecule has 1 N–H and O–H groups in total. The van der Waals surface area contributed by atoms with E-state index in [9.17, 15) is 0 Å². The number of hydrogen-bond acceptors (Lipinski definition) is 5. The van der Waals surface area contributed by atoms with Crippen molar-refractivity contribution >= 4 is 17.4 Å². The van der Waals surface area contributed by atoms with E-state index in [4.69, 9.17) is 11.6 Å². The summed E-state index contributed by atoms with van der Waals surface area (Å²) in [6, 6.07) is 0. The Balaban J connectivity index is 1.99. The Morgan fingerprint density at radius 1 is 1.13 bits per heavy atom. The second-order valence-corrected chi connectivity index (χ2v) is 3.16. The van der Waals surface area contributed by atoms with Crippen LogP contribution in [0.1, 0.15) is 5.69 Å². The van der Waals surface area contributed by atoms with E-state index < -0.39 is 0 Å². The Morgan fingerprint density at radius 3 is 2.80 bits per heavy atom.